The van der Waals surface area contributed by atoms with Crippen LogP contribution in [0.15, 0.2) is 18.2 Å². The molecule has 1 aromatic carbocycles. The third kappa shape index (κ3) is 4.05. The van der Waals surface area contributed by atoms with Crippen LogP contribution < -0.4 is 5.32 Å². The Morgan fingerprint density at radius 2 is 1.81 bits per heavy atom. The Balaban J connectivity index is 0.00000210. The van der Waals surface area contributed by atoms with Gasteiger partial charge in [0.05, 0.1) is 5.69 Å². The molecule has 27 heavy (non-hydrogen) atoms. The van der Waals surface area contributed by atoms with Crippen molar-refractivity contribution >= 4 is 29.7 Å². The van der Waals surface area contributed by atoms with Crippen LogP contribution in [0, 0.1) is 32.6 Å². The van der Waals surface area contributed by atoms with Gasteiger partial charge in [0.25, 0.3) is 5.91 Å². The van der Waals surface area contributed by atoms with Gasteiger partial charge in [-0.05, 0) is 64.1 Å². The number of hydrogen-bond donors (Lipinski definition) is 1. The lowest BCUT2D eigenvalue weighted by Crippen LogP contribution is -2.32. The second-order valence-electron chi connectivity index (χ2n) is 7.80. The van der Waals surface area contributed by atoms with Gasteiger partial charge in [-0.2, -0.15) is 0 Å². The number of aromatic nitrogens is 1. The fourth-order valence-electron chi connectivity index (χ4n) is 4.33. The molecule has 0 saturated carbocycles. The van der Waals surface area contributed by atoms with Crippen molar-refractivity contribution in [2.45, 2.75) is 33.6 Å². The quantitative estimate of drug-likeness (QED) is 0.813. The Bertz CT molecular complexity index is 821. The molecule has 4 rings (SSSR count). The molecule has 0 unspecified atom stereocenters. The SMILES string of the molecule is Cc1ccc(-c2nc(C)c(C(=O)N3CC[C@@H]4CNC[C@@H]4CC3)s2)c(C)c1.Cl. The zero-order chi connectivity index (χ0) is 18.3. The monoisotopic (exact) mass is 405 g/mol. The number of hydrogen-bond acceptors (Lipinski definition) is 4. The van der Waals surface area contributed by atoms with Crippen molar-refractivity contribution < 1.29 is 4.79 Å². The van der Waals surface area contributed by atoms with Crippen molar-refractivity contribution in [3.63, 3.8) is 0 Å². The molecule has 2 fully saturated rings. The minimum Gasteiger partial charge on any atom is -0.338 e. The summed E-state index contributed by atoms with van der Waals surface area (Å²) in [7, 11) is 0. The van der Waals surface area contributed by atoms with Gasteiger partial charge in [-0.25, -0.2) is 4.98 Å². The summed E-state index contributed by atoms with van der Waals surface area (Å²) in [5, 5.41) is 4.45. The molecular formula is C21H28ClN3OS. The molecule has 0 aliphatic carbocycles. The molecule has 0 radical (unpaired) electrons. The Labute approximate surface area is 171 Å². The topological polar surface area (TPSA) is 45.2 Å². The van der Waals surface area contributed by atoms with Crippen molar-refractivity contribution in [3.8, 4) is 10.6 Å². The first-order valence-electron chi connectivity index (χ1n) is 9.58. The molecule has 0 bridgehead atoms. The minimum absolute atomic E-state index is 0. The average molecular weight is 406 g/mol. The number of nitrogens with zero attached hydrogens (tertiary/aromatic N) is 2. The van der Waals surface area contributed by atoms with E-state index in [0.717, 1.165) is 72.0 Å². The van der Waals surface area contributed by atoms with Crippen molar-refractivity contribution in [1.82, 2.24) is 15.2 Å². The van der Waals surface area contributed by atoms with Crippen molar-refractivity contribution in [2.75, 3.05) is 26.2 Å². The first-order valence-corrected chi connectivity index (χ1v) is 10.4. The fourth-order valence-corrected chi connectivity index (χ4v) is 5.45. The molecule has 1 amide bonds. The van der Waals surface area contributed by atoms with E-state index in [1.165, 1.54) is 11.1 Å². The molecule has 2 aliphatic heterocycles. The highest BCUT2D eigenvalue weighted by atomic mass is 35.5. The highest BCUT2D eigenvalue weighted by molar-refractivity contribution is 7.17. The molecule has 4 nitrogen and oxygen atoms in total. The number of carbonyl (C=O) groups excluding carboxylic acids is 1. The summed E-state index contributed by atoms with van der Waals surface area (Å²) >= 11 is 1.55. The second-order valence-corrected chi connectivity index (χ2v) is 8.80. The molecule has 2 atom stereocenters. The molecule has 6 heteroatoms. The molecule has 2 aliphatic rings. The minimum atomic E-state index is 0. The van der Waals surface area contributed by atoms with Crippen molar-refractivity contribution in [2.24, 2.45) is 11.8 Å². The van der Waals surface area contributed by atoms with Gasteiger partial charge >= 0.3 is 0 Å². The van der Waals surface area contributed by atoms with E-state index in [1.54, 1.807) is 11.3 Å². The van der Waals surface area contributed by atoms with E-state index in [4.69, 9.17) is 4.98 Å². The number of likely N-dealkylation sites (tertiary alicyclic amines) is 1. The van der Waals surface area contributed by atoms with Gasteiger partial charge < -0.3 is 10.2 Å². The molecule has 0 spiro atoms. The Hall–Kier alpha value is -1.43. The molecule has 3 heterocycles. The number of benzene rings is 1. The average Bonchev–Trinajstić information content (AvgIpc) is 3.16. The summed E-state index contributed by atoms with van der Waals surface area (Å²) in [4.78, 5) is 20.8. The van der Waals surface area contributed by atoms with Crippen molar-refractivity contribution in [3.05, 3.63) is 39.9 Å². The largest absolute Gasteiger partial charge is 0.338 e. The molecule has 1 aromatic heterocycles. The summed E-state index contributed by atoms with van der Waals surface area (Å²) < 4.78 is 0. The maximum Gasteiger partial charge on any atom is 0.265 e. The standard InChI is InChI=1S/C21H27N3OS.ClH/c1-13-4-5-18(14(2)10-13)20-23-15(3)19(26-20)21(25)24-8-6-16-11-22-12-17(16)7-9-24;/h4-5,10,16-17,22H,6-9,11-12H2,1-3H3;1H/t16-,17+;. The van der Waals surface area contributed by atoms with Crippen LogP contribution in [-0.4, -0.2) is 42.0 Å². The summed E-state index contributed by atoms with van der Waals surface area (Å²) in [6.07, 6.45) is 2.23. The normalized spacial score (nSPS) is 22.1. The van der Waals surface area contributed by atoms with Crippen molar-refractivity contribution in [1.29, 1.82) is 0 Å². The summed E-state index contributed by atoms with van der Waals surface area (Å²) in [5.74, 6) is 1.64. The van der Waals surface area contributed by atoms with Crippen LogP contribution in [0.1, 0.15) is 39.3 Å². The maximum atomic E-state index is 13.2. The predicted molar refractivity (Wildman–Crippen MR) is 114 cm³/mol. The van der Waals surface area contributed by atoms with E-state index < -0.39 is 0 Å². The van der Waals surface area contributed by atoms with E-state index in [-0.39, 0.29) is 18.3 Å². The number of thiazole rings is 1. The second kappa shape index (κ2) is 8.29. The van der Waals surface area contributed by atoms with Crippen LogP contribution in [0.2, 0.25) is 0 Å². The van der Waals surface area contributed by atoms with E-state index in [1.807, 2.05) is 6.92 Å². The van der Waals surface area contributed by atoms with E-state index in [9.17, 15) is 4.79 Å². The van der Waals surface area contributed by atoms with Gasteiger partial charge in [0, 0.05) is 18.7 Å². The van der Waals surface area contributed by atoms with E-state index in [2.05, 4.69) is 42.3 Å². The smallest absolute Gasteiger partial charge is 0.265 e. The number of aryl methyl sites for hydroxylation is 3. The van der Waals surface area contributed by atoms with E-state index in [0.29, 0.717) is 0 Å². The molecule has 2 saturated heterocycles. The Kier molecular flexibility index (Phi) is 6.24. The summed E-state index contributed by atoms with van der Waals surface area (Å²) in [5.41, 5.74) is 4.47. The van der Waals surface area contributed by atoms with Gasteiger partial charge in [0.1, 0.15) is 9.88 Å². The number of halogens is 1. The lowest BCUT2D eigenvalue weighted by atomic mass is 9.92. The molecule has 1 N–H and O–H groups in total. The van der Waals surface area contributed by atoms with Crippen LogP contribution >= 0.6 is 23.7 Å². The first-order chi connectivity index (χ1) is 12.5. The molecular weight excluding hydrogens is 378 g/mol. The molecule has 2 aromatic rings. The number of fused-ring (bicyclic) bond motifs is 1. The third-order valence-corrected chi connectivity index (χ3v) is 7.09. The fraction of sp³-hybridized carbons (Fsp3) is 0.524. The number of nitrogens with one attached hydrogen (secondary N) is 1. The van der Waals surface area contributed by atoms with E-state index >= 15 is 0 Å². The van der Waals surface area contributed by atoms with Gasteiger partial charge in [-0.1, -0.05) is 23.8 Å². The first kappa shape index (κ1) is 20.3. The van der Waals surface area contributed by atoms with Gasteiger partial charge in [0.15, 0.2) is 0 Å². The van der Waals surface area contributed by atoms with Gasteiger partial charge in [-0.3, -0.25) is 4.79 Å². The third-order valence-electron chi connectivity index (χ3n) is 5.91. The van der Waals surface area contributed by atoms with Gasteiger partial charge in [-0.15, -0.1) is 23.7 Å². The summed E-state index contributed by atoms with van der Waals surface area (Å²) in [6, 6.07) is 6.41. The Morgan fingerprint density at radius 1 is 1.15 bits per heavy atom. The maximum absolute atomic E-state index is 13.2. The van der Waals surface area contributed by atoms with Crippen LogP contribution in [0.3, 0.4) is 0 Å². The number of carbonyl (C=O) groups is 1. The van der Waals surface area contributed by atoms with Crippen LogP contribution in [0.4, 0.5) is 0 Å². The number of rotatable bonds is 2. The molecule has 146 valence electrons. The van der Waals surface area contributed by atoms with Gasteiger partial charge in [0.2, 0.25) is 0 Å². The highest BCUT2D eigenvalue weighted by Gasteiger charge is 2.32. The van der Waals surface area contributed by atoms with Crippen LogP contribution in [-0.2, 0) is 0 Å². The number of amides is 1. The predicted octanol–water partition coefficient (Wildman–Crippen LogP) is 4.23. The zero-order valence-corrected chi connectivity index (χ0v) is 17.9. The summed E-state index contributed by atoms with van der Waals surface area (Å²) in [6.45, 7) is 10.2. The Morgan fingerprint density at radius 3 is 2.44 bits per heavy atom. The van der Waals surface area contributed by atoms with Crippen LogP contribution in [0.5, 0.6) is 0 Å². The van der Waals surface area contributed by atoms with Crippen LogP contribution in [0.25, 0.3) is 10.6 Å². The lowest BCUT2D eigenvalue weighted by Gasteiger charge is -2.20. The highest BCUT2D eigenvalue weighted by Crippen LogP contribution is 2.33. The lowest BCUT2D eigenvalue weighted by molar-refractivity contribution is 0.0762. The zero-order valence-electron chi connectivity index (χ0n) is 16.2.